The van der Waals surface area contributed by atoms with Crippen molar-refractivity contribution in [3.8, 4) is 23.0 Å². The number of rotatable bonds is 3. The van der Waals surface area contributed by atoms with Gasteiger partial charge in [0.2, 0.25) is 0 Å². The minimum atomic E-state index is 0.508. The van der Waals surface area contributed by atoms with Crippen LogP contribution < -0.4 is 5.32 Å². The minimum Gasteiger partial charge on any atom is -0.372 e. The van der Waals surface area contributed by atoms with Gasteiger partial charge in [-0.2, -0.15) is 10.4 Å². The van der Waals surface area contributed by atoms with Crippen molar-refractivity contribution in [1.82, 2.24) is 14.8 Å². The molecule has 0 unspecified atom stereocenters. The summed E-state index contributed by atoms with van der Waals surface area (Å²) in [5, 5.41) is 17.2. The zero-order chi connectivity index (χ0) is 15.5. The van der Waals surface area contributed by atoms with Gasteiger partial charge in [-0.05, 0) is 24.3 Å². The van der Waals surface area contributed by atoms with Crippen molar-refractivity contribution in [3.63, 3.8) is 0 Å². The second-order valence-corrected chi connectivity index (χ2v) is 5.48. The largest absolute Gasteiger partial charge is 0.372 e. The van der Waals surface area contributed by atoms with Gasteiger partial charge in [-0.15, -0.1) is 0 Å². The number of anilines is 1. The third-order valence-electron chi connectivity index (χ3n) is 3.24. The van der Waals surface area contributed by atoms with Crippen LogP contribution in [-0.2, 0) is 0 Å². The van der Waals surface area contributed by atoms with Gasteiger partial charge in [0.05, 0.1) is 11.9 Å². The van der Waals surface area contributed by atoms with Crippen LogP contribution in [-0.4, -0.2) is 21.8 Å². The van der Waals surface area contributed by atoms with E-state index in [0.717, 1.165) is 15.7 Å². The van der Waals surface area contributed by atoms with Gasteiger partial charge < -0.3 is 5.32 Å². The number of halogens is 1. The van der Waals surface area contributed by atoms with Crippen LogP contribution in [0.1, 0.15) is 5.56 Å². The molecule has 0 spiro atoms. The highest BCUT2D eigenvalue weighted by molar-refractivity contribution is 9.10. The summed E-state index contributed by atoms with van der Waals surface area (Å²) >= 11 is 3.41. The Morgan fingerprint density at radius 3 is 2.59 bits per heavy atom. The lowest BCUT2D eigenvalue weighted by Gasteiger charge is -2.05. The molecule has 0 amide bonds. The molecular formula is C16H12BrN5. The molecule has 1 N–H and O–H groups in total. The van der Waals surface area contributed by atoms with Gasteiger partial charge in [0.1, 0.15) is 23.1 Å². The van der Waals surface area contributed by atoms with E-state index in [1.54, 1.807) is 24.1 Å². The van der Waals surface area contributed by atoms with Crippen LogP contribution in [0.3, 0.4) is 0 Å². The maximum Gasteiger partial charge on any atom is 0.148 e. The summed E-state index contributed by atoms with van der Waals surface area (Å²) < 4.78 is 2.68. The number of nitrogens with one attached hydrogen (secondary N) is 1. The van der Waals surface area contributed by atoms with Crippen LogP contribution in [0, 0.1) is 11.3 Å². The molecule has 6 heteroatoms. The number of hydrogen-bond acceptors (Lipinski definition) is 4. The average Bonchev–Trinajstić information content (AvgIpc) is 2.95. The topological polar surface area (TPSA) is 66.5 Å². The maximum atomic E-state index is 9.54. The number of benzene rings is 1. The average molecular weight is 354 g/mol. The summed E-state index contributed by atoms with van der Waals surface area (Å²) in [6.45, 7) is 0. The number of nitrogens with zero attached hydrogens (tertiary/aromatic N) is 4. The molecule has 5 nitrogen and oxygen atoms in total. The van der Waals surface area contributed by atoms with Crippen molar-refractivity contribution >= 4 is 21.7 Å². The van der Waals surface area contributed by atoms with E-state index in [-0.39, 0.29) is 0 Å². The van der Waals surface area contributed by atoms with E-state index in [9.17, 15) is 5.26 Å². The van der Waals surface area contributed by atoms with Crippen molar-refractivity contribution in [2.24, 2.45) is 0 Å². The Labute approximate surface area is 136 Å². The standard InChI is InChI=1S/C16H12BrN5/c1-19-16-14(9-18)15(11-4-6-12(17)7-5-11)21-22(16)13-3-2-8-20-10-13/h2-8,10,19H,1H3. The fourth-order valence-electron chi connectivity index (χ4n) is 2.23. The van der Waals surface area contributed by atoms with E-state index >= 15 is 0 Å². The highest BCUT2D eigenvalue weighted by Crippen LogP contribution is 2.30. The Kier molecular flexibility index (Phi) is 3.90. The van der Waals surface area contributed by atoms with E-state index < -0.39 is 0 Å². The Morgan fingerprint density at radius 1 is 1.23 bits per heavy atom. The first-order chi connectivity index (χ1) is 10.7. The van der Waals surface area contributed by atoms with Gasteiger partial charge in [-0.25, -0.2) is 4.68 Å². The lowest BCUT2D eigenvalue weighted by molar-refractivity contribution is 0.882. The van der Waals surface area contributed by atoms with Crippen molar-refractivity contribution in [3.05, 3.63) is 58.8 Å². The number of pyridine rings is 1. The molecule has 108 valence electrons. The molecule has 0 bridgehead atoms. The second kappa shape index (κ2) is 6.00. The normalized spacial score (nSPS) is 10.2. The molecule has 0 saturated heterocycles. The highest BCUT2D eigenvalue weighted by Gasteiger charge is 2.19. The van der Waals surface area contributed by atoms with E-state index in [2.05, 4.69) is 37.4 Å². The number of hydrogen-bond donors (Lipinski definition) is 1. The molecule has 0 aliphatic carbocycles. The van der Waals surface area contributed by atoms with E-state index in [4.69, 9.17) is 0 Å². The third-order valence-corrected chi connectivity index (χ3v) is 3.77. The van der Waals surface area contributed by atoms with Crippen LogP contribution >= 0.6 is 15.9 Å². The molecule has 0 radical (unpaired) electrons. The Hall–Kier alpha value is -2.65. The molecular weight excluding hydrogens is 342 g/mol. The van der Waals surface area contributed by atoms with Gasteiger partial charge in [0.25, 0.3) is 0 Å². The zero-order valence-electron chi connectivity index (χ0n) is 11.8. The molecule has 1 aromatic carbocycles. The van der Waals surface area contributed by atoms with Crippen molar-refractivity contribution in [2.45, 2.75) is 0 Å². The summed E-state index contributed by atoms with van der Waals surface area (Å²) in [6, 6.07) is 13.7. The van der Waals surface area contributed by atoms with E-state index in [1.807, 2.05) is 36.4 Å². The smallest absolute Gasteiger partial charge is 0.148 e. The van der Waals surface area contributed by atoms with Gasteiger partial charge in [0.15, 0.2) is 0 Å². The quantitative estimate of drug-likeness (QED) is 0.780. The predicted molar refractivity (Wildman–Crippen MR) is 88.8 cm³/mol. The van der Waals surface area contributed by atoms with Crippen LogP contribution in [0.25, 0.3) is 16.9 Å². The summed E-state index contributed by atoms with van der Waals surface area (Å²) in [5.74, 6) is 0.647. The molecule has 0 atom stereocenters. The maximum absolute atomic E-state index is 9.54. The molecule has 3 rings (SSSR count). The summed E-state index contributed by atoms with van der Waals surface area (Å²) in [6.07, 6.45) is 3.41. The first-order valence-electron chi connectivity index (χ1n) is 6.62. The van der Waals surface area contributed by atoms with E-state index in [1.165, 1.54) is 0 Å². The Morgan fingerprint density at radius 2 is 2.00 bits per heavy atom. The predicted octanol–water partition coefficient (Wildman–Crippen LogP) is 3.61. The second-order valence-electron chi connectivity index (χ2n) is 4.56. The highest BCUT2D eigenvalue weighted by atomic mass is 79.9. The van der Waals surface area contributed by atoms with Crippen molar-refractivity contribution < 1.29 is 0 Å². The molecule has 0 saturated carbocycles. The van der Waals surface area contributed by atoms with Crippen LogP contribution in [0.5, 0.6) is 0 Å². The SMILES string of the molecule is CNc1c(C#N)c(-c2ccc(Br)cc2)nn1-c1cccnc1. The van der Waals surface area contributed by atoms with Crippen LogP contribution in [0.4, 0.5) is 5.82 Å². The molecule has 22 heavy (non-hydrogen) atoms. The monoisotopic (exact) mass is 353 g/mol. The van der Waals surface area contributed by atoms with Crippen molar-refractivity contribution in [2.75, 3.05) is 12.4 Å². The van der Waals surface area contributed by atoms with Crippen LogP contribution in [0.15, 0.2) is 53.3 Å². The van der Waals surface area contributed by atoms with Crippen LogP contribution in [0.2, 0.25) is 0 Å². The summed E-state index contributed by atoms with van der Waals surface area (Å²) in [7, 11) is 1.77. The lowest BCUT2D eigenvalue weighted by Crippen LogP contribution is -2.03. The van der Waals surface area contributed by atoms with Gasteiger partial charge >= 0.3 is 0 Å². The Balaban J connectivity index is 2.22. The summed E-state index contributed by atoms with van der Waals surface area (Å²) in [4.78, 5) is 4.11. The molecule has 3 aromatic rings. The van der Waals surface area contributed by atoms with E-state index in [0.29, 0.717) is 17.1 Å². The fourth-order valence-corrected chi connectivity index (χ4v) is 2.49. The van der Waals surface area contributed by atoms with Gasteiger partial charge in [0, 0.05) is 23.3 Å². The molecule has 0 aliphatic heterocycles. The minimum absolute atomic E-state index is 0.508. The van der Waals surface area contributed by atoms with Gasteiger partial charge in [-0.3, -0.25) is 4.98 Å². The first-order valence-corrected chi connectivity index (χ1v) is 7.41. The zero-order valence-corrected chi connectivity index (χ0v) is 13.4. The molecule has 0 aliphatic rings. The fraction of sp³-hybridized carbons (Fsp3) is 0.0625. The summed E-state index contributed by atoms with van der Waals surface area (Å²) in [5.41, 5.74) is 2.84. The van der Waals surface area contributed by atoms with Crippen molar-refractivity contribution in [1.29, 1.82) is 5.26 Å². The first kappa shape index (κ1) is 14.3. The number of nitriles is 1. The molecule has 2 aromatic heterocycles. The molecule has 0 fully saturated rings. The Bertz CT molecular complexity index is 831. The third kappa shape index (κ3) is 2.47. The molecule has 2 heterocycles. The van der Waals surface area contributed by atoms with Gasteiger partial charge in [-0.1, -0.05) is 28.1 Å². The lowest BCUT2D eigenvalue weighted by atomic mass is 10.1. The number of aromatic nitrogens is 3.